The van der Waals surface area contributed by atoms with E-state index in [0.717, 1.165) is 4.68 Å². The summed E-state index contributed by atoms with van der Waals surface area (Å²) in [6.45, 7) is 0.0277. The second kappa shape index (κ2) is 3.54. The molecule has 0 aliphatic rings. The van der Waals surface area contributed by atoms with Crippen LogP contribution in [0, 0.1) is 12.3 Å². The Morgan fingerprint density at radius 1 is 1.69 bits per heavy atom. The molecule has 0 radical (unpaired) electrons. The van der Waals surface area contributed by atoms with Crippen molar-refractivity contribution >= 4 is 5.91 Å². The second-order valence-electron chi connectivity index (χ2n) is 2.28. The molecule has 0 saturated heterocycles. The van der Waals surface area contributed by atoms with E-state index in [1.165, 1.54) is 12.1 Å². The molecule has 2 N–H and O–H groups in total. The molecule has 0 spiro atoms. The average molecular weight is 177 g/mol. The minimum Gasteiger partial charge on any atom is -0.364 e. The predicted octanol–water partition coefficient (Wildman–Crippen LogP) is -1.02. The largest absolute Gasteiger partial charge is 0.364 e. The van der Waals surface area contributed by atoms with E-state index in [2.05, 4.69) is 11.0 Å². The zero-order valence-electron chi connectivity index (χ0n) is 6.73. The molecule has 0 atom stereocenters. The van der Waals surface area contributed by atoms with Crippen LogP contribution >= 0.6 is 0 Å². The van der Waals surface area contributed by atoms with E-state index in [1.807, 2.05) is 0 Å². The van der Waals surface area contributed by atoms with E-state index < -0.39 is 5.91 Å². The monoisotopic (exact) mass is 177 g/mol. The number of hydrogen-bond acceptors (Lipinski definition) is 3. The minimum absolute atomic E-state index is 0.0230. The first-order valence-electron chi connectivity index (χ1n) is 3.46. The first-order chi connectivity index (χ1) is 6.15. The van der Waals surface area contributed by atoms with Crippen molar-refractivity contribution in [3.63, 3.8) is 0 Å². The molecule has 1 rings (SSSR count). The van der Waals surface area contributed by atoms with Crippen LogP contribution in [0.1, 0.15) is 10.5 Å². The quantitative estimate of drug-likeness (QED) is 0.587. The number of hydrogen-bond donors (Lipinski definition) is 1. The molecule has 5 heteroatoms. The van der Waals surface area contributed by atoms with Gasteiger partial charge in [-0.3, -0.25) is 9.59 Å². The number of rotatable bonds is 2. The maximum Gasteiger partial charge on any atom is 0.269 e. The molecule has 1 heterocycles. The molecule has 5 nitrogen and oxygen atoms in total. The molecule has 1 aromatic heterocycles. The van der Waals surface area contributed by atoms with Gasteiger partial charge in [0.05, 0.1) is 0 Å². The first-order valence-corrected chi connectivity index (χ1v) is 3.46. The fourth-order valence-corrected chi connectivity index (χ4v) is 0.780. The SMILES string of the molecule is C#CCn1nc(C(N)=O)ccc1=O. The molecule has 0 unspecified atom stereocenters. The Hall–Kier alpha value is -2.09. The number of carbonyl (C=O) groups excluding carboxylic acids is 1. The fourth-order valence-electron chi connectivity index (χ4n) is 0.780. The highest BCUT2D eigenvalue weighted by molar-refractivity contribution is 5.90. The van der Waals surface area contributed by atoms with Gasteiger partial charge in [0.15, 0.2) is 0 Å². The minimum atomic E-state index is -0.689. The maximum atomic E-state index is 11.0. The van der Waals surface area contributed by atoms with E-state index in [4.69, 9.17) is 12.2 Å². The molecule has 0 bridgehead atoms. The highest BCUT2D eigenvalue weighted by atomic mass is 16.1. The Labute approximate surface area is 74.2 Å². The van der Waals surface area contributed by atoms with Crippen LogP contribution in [0.3, 0.4) is 0 Å². The van der Waals surface area contributed by atoms with Crippen LogP contribution in [0.15, 0.2) is 16.9 Å². The van der Waals surface area contributed by atoms with Crippen LogP contribution in [-0.2, 0) is 6.54 Å². The summed E-state index contributed by atoms with van der Waals surface area (Å²) in [7, 11) is 0. The lowest BCUT2D eigenvalue weighted by Gasteiger charge is -1.99. The fraction of sp³-hybridized carbons (Fsp3) is 0.125. The van der Waals surface area contributed by atoms with Crippen LogP contribution < -0.4 is 11.3 Å². The number of nitrogens with two attached hydrogens (primary N) is 1. The van der Waals surface area contributed by atoms with Crippen molar-refractivity contribution in [2.24, 2.45) is 5.73 Å². The lowest BCUT2D eigenvalue weighted by Crippen LogP contribution is -2.25. The molecule has 0 aromatic carbocycles. The van der Waals surface area contributed by atoms with Gasteiger partial charge in [0.1, 0.15) is 12.2 Å². The zero-order chi connectivity index (χ0) is 9.84. The molecule has 66 valence electrons. The summed E-state index contributed by atoms with van der Waals surface area (Å²) in [5.74, 6) is 1.55. The summed E-state index contributed by atoms with van der Waals surface area (Å²) in [4.78, 5) is 21.7. The second-order valence-corrected chi connectivity index (χ2v) is 2.28. The highest BCUT2D eigenvalue weighted by Crippen LogP contribution is 1.87. The Morgan fingerprint density at radius 3 is 2.92 bits per heavy atom. The van der Waals surface area contributed by atoms with Gasteiger partial charge in [-0.2, -0.15) is 5.10 Å². The Bertz CT molecular complexity index is 428. The smallest absolute Gasteiger partial charge is 0.269 e. The van der Waals surface area contributed by atoms with Crippen molar-refractivity contribution in [3.8, 4) is 12.3 Å². The van der Waals surface area contributed by atoms with E-state index in [1.54, 1.807) is 0 Å². The summed E-state index contributed by atoms with van der Waals surface area (Å²) < 4.78 is 1.00. The van der Waals surface area contributed by atoms with E-state index in [0.29, 0.717) is 0 Å². The Balaban J connectivity index is 3.20. The van der Waals surface area contributed by atoms with E-state index >= 15 is 0 Å². The van der Waals surface area contributed by atoms with Crippen molar-refractivity contribution in [1.29, 1.82) is 0 Å². The Kier molecular flexibility index (Phi) is 2.45. The summed E-state index contributed by atoms with van der Waals surface area (Å²) in [5, 5.41) is 3.65. The van der Waals surface area contributed by atoms with Gasteiger partial charge in [-0.05, 0) is 6.07 Å². The van der Waals surface area contributed by atoms with Gasteiger partial charge >= 0.3 is 0 Å². The summed E-state index contributed by atoms with van der Waals surface area (Å²) in [6.07, 6.45) is 4.99. The van der Waals surface area contributed by atoms with Crippen molar-refractivity contribution in [2.45, 2.75) is 6.54 Å². The molecular weight excluding hydrogens is 170 g/mol. The molecule has 0 fully saturated rings. The van der Waals surface area contributed by atoms with Gasteiger partial charge in [0.2, 0.25) is 0 Å². The van der Waals surface area contributed by atoms with Gasteiger partial charge in [-0.25, -0.2) is 4.68 Å². The zero-order valence-corrected chi connectivity index (χ0v) is 6.73. The third kappa shape index (κ3) is 1.93. The topological polar surface area (TPSA) is 78.0 Å². The van der Waals surface area contributed by atoms with E-state index in [-0.39, 0.29) is 17.8 Å². The summed E-state index contributed by atoms with van der Waals surface area (Å²) >= 11 is 0. The predicted molar refractivity (Wildman–Crippen MR) is 45.8 cm³/mol. The van der Waals surface area contributed by atoms with E-state index in [9.17, 15) is 9.59 Å². The molecular formula is C8H7N3O2. The van der Waals surface area contributed by atoms with Gasteiger partial charge in [-0.15, -0.1) is 6.42 Å². The molecule has 1 aromatic rings. The highest BCUT2D eigenvalue weighted by Gasteiger charge is 2.03. The molecule has 1 amide bonds. The third-order valence-corrected chi connectivity index (χ3v) is 1.36. The molecule has 0 aliphatic carbocycles. The Morgan fingerprint density at radius 2 is 2.38 bits per heavy atom. The number of aromatic nitrogens is 2. The normalized spacial score (nSPS) is 9.15. The molecule has 0 aliphatic heterocycles. The maximum absolute atomic E-state index is 11.0. The lowest BCUT2D eigenvalue weighted by molar-refractivity contribution is 0.0993. The number of nitrogens with zero attached hydrogens (tertiary/aromatic N) is 2. The van der Waals surface area contributed by atoms with Crippen molar-refractivity contribution in [2.75, 3.05) is 0 Å². The van der Waals surface area contributed by atoms with Crippen LogP contribution in [0.25, 0.3) is 0 Å². The average Bonchev–Trinajstić information content (AvgIpc) is 2.08. The van der Waals surface area contributed by atoms with Gasteiger partial charge < -0.3 is 5.73 Å². The van der Waals surface area contributed by atoms with Crippen LogP contribution in [0.4, 0.5) is 0 Å². The molecule has 0 saturated carbocycles. The van der Waals surface area contributed by atoms with Crippen molar-refractivity contribution in [3.05, 3.63) is 28.2 Å². The lowest BCUT2D eigenvalue weighted by atomic mass is 10.4. The number of amides is 1. The standard InChI is InChI=1S/C8H7N3O2/c1-2-5-11-7(12)4-3-6(10-11)8(9)13/h1,3-4H,5H2,(H2,9,13). The number of terminal acetylenes is 1. The number of carbonyl (C=O) groups is 1. The summed E-state index contributed by atoms with van der Waals surface area (Å²) in [5.41, 5.74) is 4.63. The van der Waals surface area contributed by atoms with Crippen LogP contribution in [-0.4, -0.2) is 15.7 Å². The van der Waals surface area contributed by atoms with Gasteiger partial charge in [0.25, 0.3) is 11.5 Å². The third-order valence-electron chi connectivity index (χ3n) is 1.36. The van der Waals surface area contributed by atoms with Crippen molar-refractivity contribution < 1.29 is 4.79 Å². The van der Waals surface area contributed by atoms with Gasteiger partial charge in [-0.1, -0.05) is 5.92 Å². The van der Waals surface area contributed by atoms with Crippen molar-refractivity contribution in [1.82, 2.24) is 9.78 Å². The van der Waals surface area contributed by atoms with Crippen LogP contribution in [0.5, 0.6) is 0 Å². The molecule has 13 heavy (non-hydrogen) atoms. The summed E-state index contributed by atoms with van der Waals surface area (Å²) in [6, 6.07) is 2.46. The van der Waals surface area contributed by atoms with Crippen LogP contribution in [0.2, 0.25) is 0 Å². The van der Waals surface area contributed by atoms with Gasteiger partial charge in [0, 0.05) is 6.07 Å². The number of primary amides is 1. The first kappa shape index (κ1) is 9.00.